The van der Waals surface area contributed by atoms with Crippen LogP contribution in [0.4, 0.5) is 0 Å². The van der Waals surface area contributed by atoms with Crippen molar-refractivity contribution in [1.82, 2.24) is 0 Å². The number of hydrogen-bond donors (Lipinski definition) is 0. The van der Waals surface area contributed by atoms with Gasteiger partial charge < -0.3 is 0 Å². The molecule has 1 fully saturated rings. The van der Waals surface area contributed by atoms with E-state index in [9.17, 15) is 20.2 Å². The molecule has 1 aliphatic heterocycles. The van der Waals surface area contributed by atoms with Gasteiger partial charge in [-0.1, -0.05) is 0 Å². The van der Waals surface area contributed by atoms with Crippen LogP contribution < -0.4 is 0 Å². The van der Waals surface area contributed by atoms with Crippen LogP contribution in [-0.2, 0) is 65.0 Å². The molecule has 12 heteroatoms. The van der Waals surface area contributed by atoms with Crippen molar-refractivity contribution in [3.63, 3.8) is 0 Å². The van der Waals surface area contributed by atoms with Crippen molar-refractivity contribution < 1.29 is 75.2 Å². The molecule has 10 nitrogen and oxygen atoms in total. The third-order valence-corrected chi connectivity index (χ3v) is 16.0. The van der Waals surface area contributed by atoms with E-state index in [1.165, 1.54) is 0 Å². The van der Waals surface area contributed by atoms with E-state index in [2.05, 4.69) is 5.49 Å². The number of ether oxygens (including phenoxy) is 2. The Morgan fingerprint density at radius 1 is 1.00 bits per heavy atom. The molecule has 1 saturated heterocycles. The van der Waals surface area contributed by atoms with Crippen LogP contribution in [0.3, 0.4) is 0 Å². The Morgan fingerprint density at radius 2 is 1.35 bits per heavy atom. The third-order valence-electron chi connectivity index (χ3n) is 3.11. The summed E-state index contributed by atoms with van der Waals surface area (Å²) < 4.78 is 21.6. The monoisotopic (exact) mass is 670 g/mol. The van der Waals surface area contributed by atoms with E-state index in [-0.39, 0.29) is 0 Å². The van der Waals surface area contributed by atoms with Gasteiger partial charge in [0.15, 0.2) is 0 Å². The maximum absolute atomic E-state index is 10.1. The van der Waals surface area contributed by atoms with E-state index in [0.29, 0.717) is 21.1 Å². The van der Waals surface area contributed by atoms with Crippen LogP contribution in [0.2, 0.25) is 7.86 Å². The molecule has 2 atom stereocenters. The Balaban J connectivity index is 2.33. The van der Waals surface area contributed by atoms with Crippen molar-refractivity contribution in [2.75, 3.05) is 13.2 Å². The summed E-state index contributed by atoms with van der Waals surface area (Å²) in [6, 6.07) is 0. The Kier molecular flexibility index (Phi) is 7.29. The first kappa shape index (κ1) is 18.2. The minimum absolute atomic E-state index is 0.316. The summed E-state index contributed by atoms with van der Waals surface area (Å²) in [5, 5.41) is 18.8. The molecule has 0 aromatic carbocycles. The quantitative estimate of drug-likeness (QED) is 0.212. The molecule has 2 unspecified atom stereocenters. The molecule has 0 saturated carbocycles. The van der Waals surface area contributed by atoms with Gasteiger partial charge in [0, 0.05) is 0 Å². The Hall–Kier alpha value is 0.190. The molecule has 0 amide bonds. The molecule has 0 aliphatic carbocycles. The van der Waals surface area contributed by atoms with Crippen molar-refractivity contribution in [3.8, 4) is 0 Å². The summed E-state index contributed by atoms with van der Waals surface area (Å²) in [5.74, 6) is 0. The van der Waals surface area contributed by atoms with Crippen molar-refractivity contribution in [2.45, 2.75) is 32.9 Å². The average Bonchev–Trinajstić information content (AvgIpc) is 2.33. The molecule has 0 N–H and O–H groups in total. The van der Waals surface area contributed by atoms with Crippen LogP contribution in [-0.4, -0.2) is 34.6 Å². The van der Waals surface area contributed by atoms with E-state index < -0.39 is 71.4 Å². The zero-order chi connectivity index (χ0) is 15.2. The Bertz CT molecular complexity index is 326. The molecule has 1 aliphatic rings. The van der Waals surface area contributed by atoms with E-state index in [4.69, 9.17) is 9.47 Å². The van der Waals surface area contributed by atoms with Gasteiger partial charge >= 0.3 is 142 Å². The van der Waals surface area contributed by atoms with Gasteiger partial charge in [0.05, 0.1) is 0 Å². The van der Waals surface area contributed by atoms with E-state index in [0.717, 1.165) is 0 Å². The molecular weight excluding hydrogens is 653 g/mol. The van der Waals surface area contributed by atoms with Gasteiger partial charge in [0.2, 0.25) is 0 Å². The fraction of sp³-hybridized carbons (Fsp3) is 1.00. The van der Waals surface area contributed by atoms with Crippen LogP contribution in [0.15, 0.2) is 0 Å². The number of rotatable bonds is 8. The Morgan fingerprint density at radius 3 is 1.60 bits per heavy atom. The van der Waals surface area contributed by atoms with Crippen LogP contribution >= 0.6 is 0 Å². The van der Waals surface area contributed by atoms with E-state index in [1.807, 2.05) is 13.8 Å². The zero-order valence-electron chi connectivity index (χ0n) is 11.4. The predicted octanol–water partition coefficient (Wildman–Crippen LogP) is 0.799. The molecule has 108 valence electrons. The molecule has 0 radical (unpaired) electrons. The minimum atomic E-state index is -2.05. The summed E-state index contributed by atoms with van der Waals surface area (Å²) >= 11 is -4.10. The topological polar surface area (TPSA) is 123 Å². The van der Waals surface area contributed by atoms with Gasteiger partial charge in [0.1, 0.15) is 0 Å². The van der Waals surface area contributed by atoms with E-state index in [1.54, 1.807) is 0 Å². The molecular formula is C8H14Hg2N2O8. The standard InChI is InChI=1S/C8H14O2.2Hg.2NO3/c1-7(2)5-10-8(3,4)6-9-7;;;2*2-1(3)4/h1,3,5-6H2,2,4H3;;;;/q;2*+1;2*-1. The summed E-state index contributed by atoms with van der Waals surface area (Å²) in [6.45, 7) is 4.31. The zero-order valence-corrected chi connectivity index (χ0v) is 22.4. The van der Waals surface area contributed by atoms with Crippen molar-refractivity contribution in [2.24, 2.45) is 0 Å². The second kappa shape index (κ2) is 7.99. The fourth-order valence-electron chi connectivity index (χ4n) is 1.70. The second-order valence-electron chi connectivity index (χ2n) is 5.09. The van der Waals surface area contributed by atoms with Gasteiger partial charge in [0.25, 0.3) is 0 Å². The number of nitrogens with zero attached hydrogens (tertiary/aromatic N) is 2. The SMILES string of the molecule is CC1([CH2][Hg][O][N+](=O)[O-])COC(C)([CH2][Hg][O][N+](=O)[O-])CO1. The van der Waals surface area contributed by atoms with Gasteiger partial charge in [-0.25, -0.2) is 0 Å². The van der Waals surface area contributed by atoms with Crippen LogP contribution in [0, 0.1) is 20.2 Å². The van der Waals surface area contributed by atoms with Crippen LogP contribution in [0.1, 0.15) is 13.8 Å². The van der Waals surface area contributed by atoms with Crippen LogP contribution in [0.25, 0.3) is 0 Å². The first-order valence-corrected chi connectivity index (χ1v) is 18.3. The predicted molar refractivity (Wildman–Crippen MR) is 54.5 cm³/mol. The number of hydrogen-bond acceptors (Lipinski definition) is 8. The van der Waals surface area contributed by atoms with E-state index >= 15 is 0 Å². The summed E-state index contributed by atoms with van der Waals surface area (Å²) in [7, 11) is 0. The molecule has 1 heterocycles. The first-order valence-electron chi connectivity index (χ1n) is 6.07. The average molecular weight is 667 g/mol. The van der Waals surface area contributed by atoms with Crippen molar-refractivity contribution in [3.05, 3.63) is 20.2 Å². The van der Waals surface area contributed by atoms with Gasteiger partial charge in [-0.2, -0.15) is 0 Å². The Labute approximate surface area is 140 Å². The normalized spacial score (nSPS) is 28.9. The summed E-state index contributed by atoms with van der Waals surface area (Å²) in [5.41, 5.74) is -1.09. The van der Waals surface area contributed by atoms with Crippen LogP contribution in [0.5, 0.6) is 0 Å². The summed E-state index contributed by atoms with van der Waals surface area (Å²) in [4.78, 5) is 20.3. The molecule has 0 aromatic heterocycles. The van der Waals surface area contributed by atoms with Gasteiger partial charge in [-0.15, -0.1) is 0 Å². The molecule has 0 bridgehead atoms. The molecule has 0 aromatic rings. The second-order valence-corrected chi connectivity index (χ2v) is 14.2. The molecule has 1 rings (SSSR count). The third kappa shape index (κ3) is 6.76. The van der Waals surface area contributed by atoms with Gasteiger partial charge in [-0.05, 0) is 0 Å². The molecule has 20 heavy (non-hydrogen) atoms. The maximum atomic E-state index is 10.1. The van der Waals surface area contributed by atoms with Gasteiger partial charge in [-0.3, -0.25) is 0 Å². The van der Waals surface area contributed by atoms with Crippen molar-refractivity contribution >= 4 is 0 Å². The van der Waals surface area contributed by atoms with Crippen molar-refractivity contribution in [1.29, 1.82) is 0 Å². The first-order chi connectivity index (χ1) is 9.25. The summed E-state index contributed by atoms with van der Waals surface area (Å²) in [6.07, 6.45) is 0. The molecule has 0 spiro atoms. The fourth-order valence-corrected chi connectivity index (χ4v) is 9.17.